The molecule has 0 aliphatic carbocycles. The van der Waals surface area contributed by atoms with Crippen LogP contribution in [0.2, 0.25) is 0 Å². The van der Waals surface area contributed by atoms with Crippen LogP contribution < -0.4 is 4.74 Å². The number of aromatic hydroxyl groups is 1. The van der Waals surface area contributed by atoms with E-state index in [0.29, 0.717) is 21.9 Å². The number of ether oxygens (including phenoxy) is 1. The van der Waals surface area contributed by atoms with Gasteiger partial charge in [-0.25, -0.2) is 4.21 Å². The Bertz CT molecular complexity index is 1240. The fourth-order valence-corrected chi connectivity index (χ4v) is 4.54. The van der Waals surface area contributed by atoms with E-state index < -0.39 is 22.9 Å². The molecule has 0 aliphatic heterocycles. The summed E-state index contributed by atoms with van der Waals surface area (Å²) in [5.74, 6) is -0.875. The third kappa shape index (κ3) is 3.86. The van der Waals surface area contributed by atoms with Crippen molar-refractivity contribution in [1.82, 2.24) is 4.98 Å². The van der Waals surface area contributed by atoms with Crippen molar-refractivity contribution < 1.29 is 27.2 Å². The van der Waals surface area contributed by atoms with Gasteiger partial charge in [0.1, 0.15) is 11.5 Å². The van der Waals surface area contributed by atoms with E-state index in [9.17, 15) is 22.5 Å². The van der Waals surface area contributed by atoms with Crippen molar-refractivity contribution >= 4 is 21.6 Å². The summed E-state index contributed by atoms with van der Waals surface area (Å²) in [7, 11) is -2.16. The minimum absolute atomic E-state index is 0.00479. The number of hydrogen-bond acceptors (Lipinski definition) is 4. The zero-order valence-corrected chi connectivity index (χ0v) is 16.1. The van der Waals surface area contributed by atoms with Gasteiger partial charge in [0.2, 0.25) is 0 Å². The van der Waals surface area contributed by atoms with E-state index in [2.05, 4.69) is 9.72 Å². The summed E-state index contributed by atoms with van der Waals surface area (Å²) in [6.45, 7) is 0. The summed E-state index contributed by atoms with van der Waals surface area (Å²) in [5, 5.41) is 12.1. The van der Waals surface area contributed by atoms with Crippen molar-refractivity contribution in [3.8, 4) is 22.6 Å². The normalized spacial score (nSPS) is 12.6. The minimum Gasteiger partial charge on any atom is -0.506 e. The average molecular weight is 429 g/mol. The second-order valence-corrected chi connectivity index (χ2v) is 7.71. The van der Waals surface area contributed by atoms with Gasteiger partial charge in [-0.3, -0.25) is 4.98 Å². The Kier molecular flexibility index (Phi) is 5.17. The van der Waals surface area contributed by atoms with Crippen molar-refractivity contribution in [2.24, 2.45) is 0 Å². The average Bonchev–Trinajstić information content (AvgIpc) is 2.73. The molecule has 152 valence electrons. The van der Waals surface area contributed by atoms with Gasteiger partial charge in [0, 0.05) is 28.9 Å². The number of nitrogens with zero attached hydrogens (tertiary/aromatic N) is 1. The number of pyridine rings is 1. The summed E-state index contributed by atoms with van der Waals surface area (Å²) in [4.78, 5) is 3.85. The molecule has 8 heteroatoms. The highest BCUT2D eigenvalue weighted by Crippen LogP contribution is 2.42. The summed E-state index contributed by atoms with van der Waals surface area (Å²) in [6.07, 6.45) is -1.83. The van der Waals surface area contributed by atoms with Crippen LogP contribution in [0.4, 0.5) is 13.2 Å². The predicted octanol–water partition coefficient (Wildman–Crippen LogP) is 5.67. The van der Waals surface area contributed by atoms with E-state index in [1.807, 2.05) is 0 Å². The van der Waals surface area contributed by atoms with Gasteiger partial charge in [-0.2, -0.15) is 0 Å². The lowest BCUT2D eigenvalue weighted by Gasteiger charge is -2.16. The number of para-hydroxylation sites is 1. The SMILES string of the molecule is O=S(c1ccccc1OC(F)(F)F)c1c(O)c(-c2cccnc2)cc2ccccc12. The van der Waals surface area contributed by atoms with Crippen LogP contribution in [-0.2, 0) is 10.8 Å². The first-order valence-electron chi connectivity index (χ1n) is 8.77. The lowest BCUT2D eigenvalue weighted by molar-refractivity contribution is -0.275. The third-order valence-electron chi connectivity index (χ3n) is 4.41. The van der Waals surface area contributed by atoms with Crippen LogP contribution in [0.5, 0.6) is 11.5 Å². The number of benzene rings is 3. The molecule has 30 heavy (non-hydrogen) atoms. The highest BCUT2D eigenvalue weighted by atomic mass is 32.2. The molecule has 4 aromatic rings. The Balaban J connectivity index is 1.96. The van der Waals surface area contributed by atoms with E-state index in [4.69, 9.17) is 0 Å². The van der Waals surface area contributed by atoms with Gasteiger partial charge in [-0.1, -0.05) is 42.5 Å². The number of halogens is 3. The maximum Gasteiger partial charge on any atom is 0.573 e. The first-order chi connectivity index (χ1) is 14.3. The fraction of sp³-hybridized carbons (Fsp3) is 0.0455. The van der Waals surface area contributed by atoms with Gasteiger partial charge in [-0.15, -0.1) is 13.2 Å². The number of phenols is 1. The molecular weight excluding hydrogens is 415 g/mol. The number of hydrogen-bond donors (Lipinski definition) is 1. The van der Waals surface area contributed by atoms with Crippen LogP contribution in [-0.4, -0.2) is 20.7 Å². The van der Waals surface area contributed by atoms with Gasteiger partial charge in [0.05, 0.1) is 20.6 Å². The smallest absolute Gasteiger partial charge is 0.506 e. The van der Waals surface area contributed by atoms with Crippen LogP contribution in [0.1, 0.15) is 0 Å². The second-order valence-electron chi connectivity index (χ2n) is 6.33. The molecule has 0 saturated carbocycles. The molecule has 0 amide bonds. The topological polar surface area (TPSA) is 59.4 Å². The molecule has 0 radical (unpaired) electrons. The van der Waals surface area contributed by atoms with Gasteiger partial charge < -0.3 is 9.84 Å². The molecular formula is C22H14F3NO3S. The van der Waals surface area contributed by atoms with Crippen molar-refractivity contribution in [3.05, 3.63) is 79.1 Å². The van der Waals surface area contributed by atoms with Crippen LogP contribution in [0.3, 0.4) is 0 Å². The molecule has 1 unspecified atom stereocenters. The molecule has 1 aromatic heterocycles. The number of rotatable bonds is 4. The molecule has 0 spiro atoms. The largest absolute Gasteiger partial charge is 0.573 e. The molecule has 0 fully saturated rings. The standard InChI is InChI=1S/C22H14F3NO3S/c23-22(24,25)29-18-9-3-4-10-19(18)30(28)21-16-8-2-1-6-14(16)12-17(20(21)27)15-7-5-11-26-13-15/h1-13,27H. The Hall–Kier alpha value is -3.39. The monoisotopic (exact) mass is 429 g/mol. The molecule has 3 aromatic carbocycles. The van der Waals surface area contributed by atoms with Gasteiger partial charge >= 0.3 is 6.36 Å². The molecule has 1 atom stereocenters. The highest BCUT2D eigenvalue weighted by Gasteiger charge is 2.33. The minimum atomic E-state index is -4.94. The summed E-state index contributed by atoms with van der Waals surface area (Å²) < 4.78 is 56.0. The molecule has 1 N–H and O–H groups in total. The van der Waals surface area contributed by atoms with Crippen molar-refractivity contribution in [3.63, 3.8) is 0 Å². The van der Waals surface area contributed by atoms with E-state index in [1.54, 1.807) is 48.7 Å². The number of alkyl halides is 3. The van der Waals surface area contributed by atoms with E-state index in [1.165, 1.54) is 24.4 Å². The summed E-state index contributed by atoms with van der Waals surface area (Å²) in [5.41, 5.74) is 0.957. The Morgan fingerprint density at radius 3 is 2.43 bits per heavy atom. The van der Waals surface area contributed by atoms with Crippen LogP contribution in [0.15, 0.2) is 88.9 Å². The van der Waals surface area contributed by atoms with E-state index in [-0.39, 0.29) is 15.5 Å². The second kappa shape index (κ2) is 7.79. The molecule has 4 rings (SSSR count). The maximum absolute atomic E-state index is 13.5. The van der Waals surface area contributed by atoms with Gasteiger partial charge in [0.25, 0.3) is 0 Å². The summed E-state index contributed by atoms with van der Waals surface area (Å²) >= 11 is 0. The Morgan fingerprint density at radius 2 is 1.70 bits per heavy atom. The van der Waals surface area contributed by atoms with Crippen molar-refractivity contribution in [1.29, 1.82) is 0 Å². The van der Waals surface area contributed by atoms with Crippen LogP contribution in [0, 0.1) is 0 Å². The zero-order valence-electron chi connectivity index (χ0n) is 15.3. The molecule has 1 heterocycles. The number of aromatic nitrogens is 1. The molecule has 0 saturated heterocycles. The van der Waals surface area contributed by atoms with Crippen molar-refractivity contribution in [2.45, 2.75) is 16.2 Å². The first-order valence-corrected chi connectivity index (χ1v) is 9.92. The quantitative estimate of drug-likeness (QED) is 0.454. The van der Waals surface area contributed by atoms with Gasteiger partial charge in [-0.05, 0) is 29.7 Å². The lowest BCUT2D eigenvalue weighted by Crippen LogP contribution is -2.18. The van der Waals surface area contributed by atoms with E-state index in [0.717, 1.165) is 6.07 Å². The molecule has 0 aliphatic rings. The lowest BCUT2D eigenvalue weighted by atomic mass is 10.0. The third-order valence-corrected chi connectivity index (χ3v) is 5.93. The molecule has 0 bridgehead atoms. The number of fused-ring (bicyclic) bond motifs is 1. The Morgan fingerprint density at radius 1 is 0.967 bits per heavy atom. The highest BCUT2D eigenvalue weighted by molar-refractivity contribution is 7.85. The van der Waals surface area contributed by atoms with Crippen LogP contribution >= 0.6 is 0 Å². The summed E-state index contributed by atoms with van der Waals surface area (Å²) in [6, 6.07) is 17.2. The molecule has 4 nitrogen and oxygen atoms in total. The van der Waals surface area contributed by atoms with Crippen LogP contribution in [0.25, 0.3) is 21.9 Å². The number of phenolic OH excluding ortho intramolecular Hbond substituents is 1. The Labute approximate surface area is 172 Å². The maximum atomic E-state index is 13.5. The fourth-order valence-electron chi connectivity index (χ4n) is 3.16. The predicted molar refractivity (Wildman–Crippen MR) is 107 cm³/mol. The zero-order chi connectivity index (χ0) is 21.3. The van der Waals surface area contributed by atoms with Gasteiger partial charge in [0.15, 0.2) is 0 Å². The first kappa shape index (κ1) is 19.9. The van der Waals surface area contributed by atoms with E-state index >= 15 is 0 Å². The van der Waals surface area contributed by atoms with Crippen molar-refractivity contribution in [2.75, 3.05) is 0 Å².